The van der Waals surface area contributed by atoms with Crippen molar-refractivity contribution in [3.05, 3.63) is 77.9 Å². The van der Waals surface area contributed by atoms with E-state index in [0.717, 1.165) is 17.5 Å². The molecule has 21 heavy (non-hydrogen) atoms. The third-order valence-electron chi connectivity index (χ3n) is 3.36. The fourth-order valence-corrected chi connectivity index (χ4v) is 2.04. The van der Waals surface area contributed by atoms with Gasteiger partial charge >= 0.3 is 0 Å². The minimum atomic E-state index is -0.0197. The van der Waals surface area contributed by atoms with Crippen LogP contribution in [0.4, 0.5) is 0 Å². The van der Waals surface area contributed by atoms with Gasteiger partial charge in [-0.15, -0.1) is 0 Å². The second-order valence-electron chi connectivity index (χ2n) is 5.15. The Bertz CT molecular complexity index is 575. The molecule has 0 saturated heterocycles. The average molecular weight is 279 g/mol. The van der Waals surface area contributed by atoms with Crippen LogP contribution in [-0.4, -0.2) is 5.91 Å². The number of carbonyl (C=O) groups excluding carboxylic acids is 1. The molecule has 108 valence electrons. The largest absolute Gasteiger partial charge is 0.352 e. The summed E-state index contributed by atoms with van der Waals surface area (Å²) in [6.07, 6.45) is 4.86. The highest BCUT2D eigenvalue weighted by molar-refractivity contribution is 5.78. The number of carbonyl (C=O) groups is 1. The highest BCUT2D eigenvalue weighted by Crippen LogP contribution is 2.08. The topological polar surface area (TPSA) is 29.1 Å². The van der Waals surface area contributed by atoms with E-state index in [-0.39, 0.29) is 11.8 Å². The van der Waals surface area contributed by atoms with Gasteiger partial charge in [-0.25, -0.2) is 0 Å². The zero-order chi connectivity index (χ0) is 14.9. The Morgan fingerprint density at radius 2 is 1.67 bits per heavy atom. The zero-order valence-corrected chi connectivity index (χ0v) is 12.3. The molecule has 0 heterocycles. The average Bonchev–Trinajstić information content (AvgIpc) is 2.54. The molecule has 0 radical (unpaired) electrons. The molecule has 2 rings (SSSR count). The molecule has 0 aliphatic heterocycles. The van der Waals surface area contributed by atoms with Crippen LogP contribution in [0.1, 0.15) is 24.5 Å². The van der Waals surface area contributed by atoms with Crippen LogP contribution in [0.3, 0.4) is 0 Å². The molecule has 0 aliphatic carbocycles. The Kier molecular flexibility index (Phi) is 5.77. The molecule has 1 N–H and O–H groups in total. The standard InChI is InChI=1S/C19H21NO/c1-16(9-8-14-17-10-4-2-5-11-17)19(21)20-15-18-12-6-3-7-13-18/h2-8,10-14,16H,9,15H2,1H3,(H,20,21)/t16-/m1/s1. The molecule has 0 bridgehead atoms. The number of hydrogen-bond donors (Lipinski definition) is 1. The molecular weight excluding hydrogens is 258 g/mol. The van der Waals surface area contributed by atoms with Crippen LogP contribution in [0.15, 0.2) is 66.7 Å². The van der Waals surface area contributed by atoms with Gasteiger partial charge in [-0.05, 0) is 17.5 Å². The minimum Gasteiger partial charge on any atom is -0.352 e. The van der Waals surface area contributed by atoms with Crippen molar-refractivity contribution >= 4 is 12.0 Å². The van der Waals surface area contributed by atoms with E-state index in [1.165, 1.54) is 0 Å². The van der Waals surface area contributed by atoms with Gasteiger partial charge in [0.25, 0.3) is 0 Å². The highest BCUT2D eigenvalue weighted by Gasteiger charge is 2.10. The van der Waals surface area contributed by atoms with Crippen molar-refractivity contribution in [1.82, 2.24) is 5.32 Å². The predicted molar refractivity (Wildman–Crippen MR) is 87.5 cm³/mol. The van der Waals surface area contributed by atoms with Gasteiger partial charge in [-0.2, -0.15) is 0 Å². The summed E-state index contributed by atoms with van der Waals surface area (Å²) in [5.41, 5.74) is 2.28. The lowest BCUT2D eigenvalue weighted by Crippen LogP contribution is -2.28. The number of rotatable bonds is 6. The van der Waals surface area contributed by atoms with Gasteiger partial charge in [-0.3, -0.25) is 4.79 Å². The van der Waals surface area contributed by atoms with E-state index < -0.39 is 0 Å². The predicted octanol–water partition coefficient (Wildman–Crippen LogP) is 4.04. The van der Waals surface area contributed by atoms with E-state index in [4.69, 9.17) is 0 Å². The lowest BCUT2D eigenvalue weighted by molar-refractivity contribution is -0.124. The van der Waals surface area contributed by atoms with Gasteiger partial charge in [0.15, 0.2) is 0 Å². The molecule has 0 aromatic heterocycles. The van der Waals surface area contributed by atoms with E-state index in [9.17, 15) is 4.79 Å². The normalized spacial score (nSPS) is 12.2. The van der Waals surface area contributed by atoms with Crippen LogP contribution in [0, 0.1) is 5.92 Å². The minimum absolute atomic E-state index is 0.0197. The maximum Gasteiger partial charge on any atom is 0.223 e. The third-order valence-corrected chi connectivity index (χ3v) is 3.36. The summed E-state index contributed by atoms with van der Waals surface area (Å²) in [4.78, 5) is 12.0. The zero-order valence-electron chi connectivity index (χ0n) is 12.3. The number of amides is 1. The Hall–Kier alpha value is -2.35. The smallest absolute Gasteiger partial charge is 0.223 e. The third kappa shape index (κ3) is 5.27. The van der Waals surface area contributed by atoms with Crippen molar-refractivity contribution < 1.29 is 4.79 Å². The first-order valence-electron chi connectivity index (χ1n) is 7.29. The molecule has 2 heteroatoms. The van der Waals surface area contributed by atoms with Crippen molar-refractivity contribution in [3.8, 4) is 0 Å². The lowest BCUT2D eigenvalue weighted by Gasteiger charge is -2.10. The molecule has 1 atom stereocenters. The van der Waals surface area contributed by atoms with Crippen LogP contribution < -0.4 is 5.32 Å². The number of allylic oxidation sites excluding steroid dienone is 1. The molecule has 2 aromatic rings. The molecule has 2 aromatic carbocycles. The van der Waals surface area contributed by atoms with E-state index >= 15 is 0 Å². The van der Waals surface area contributed by atoms with Gasteiger partial charge in [0.05, 0.1) is 0 Å². The fraction of sp³-hybridized carbons (Fsp3) is 0.211. The molecule has 0 aliphatic rings. The maximum absolute atomic E-state index is 12.0. The Balaban J connectivity index is 1.76. The first-order chi connectivity index (χ1) is 10.3. The maximum atomic E-state index is 12.0. The first-order valence-corrected chi connectivity index (χ1v) is 7.29. The molecule has 0 unspecified atom stereocenters. The summed E-state index contributed by atoms with van der Waals surface area (Å²) in [6.45, 7) is 2.54. The number of benzene rings is 2. The van der Waals surface area contributed by atoms with Crippen LogP contribution in [-0.2, 0) is 11.3 Å². The Morgan fingerprint density at radius 3 is 2.33 bits per heavy atom. The second kappa shape index (κ2) is 8.05. The van der Waals surface area contributed by atoms with Crippen molar-refractivity contribution in [1.29, 1.82) is 0 Å². The lowest BCUT2D eigenvalue weighted by atomic mass is 10.1. The van der Waals surface area contributed by atoms with Gasteiger partial charge in [0.2, 0.25) is 5.91 Å². The van der Waals surface area contributed by atoms with Crippen molar-refractivity contribution in [2.24, 2.45) is 5.92 Å². The summed E-state index contributed by atoms with van der Waals surface area (Å²) in [7, 11) is 0. The monoisotopic (exact) mass is 279 g/mol. The summed E-state index contributed by atoms with van der Waals surface area (Å²) >= 11 is 0. The molecule has 1 amide bonds. The summed E-state index contributed by atoms with van der Waals surface area (Å²) < 4.78 is 0. The van der Waals surface area contributed by atoms with E-state index in [2.05, 4.69) is 29.6 Å². The number of nitrogens with one attached hydrogen (secondary N) is 1. The van der Waals surface area contributed by atoms with E-state index in [1.54, 1.807) is 0 Å². The van der Waals surface area contributed by atoms with Crippen LogP contribution >= 0.6 is 0 Å². The molecular formula is C19H21NO. The Morgan fingerprint density at radius 1 is 1.05 bits per heavy atom. The van der Waals surface area contributed by atoms with E-state index in [0.29, 0.717) is 6.54 Å². The SMILES string of the molecule is C[C@H](CC=Cc1ccccc1)C(=O)NCc1ccccc1. The van der Waals surface area contributed by atoms with E-state index in [1.807, 2.05) is 55.5 Å². The van der Waals surface area contributed by atoms with Crippen molar-refractivity contribution in [3.63, 3.8) is 0 Å². The summed E-state index contributed by atoms with van der Waals surface area (Å²) in [5, 5.41) is 2.97. The van der Waals surface area contributed by atoms with Gasteiger partial charge < -0.3 is 5.32 Å². The van der Waals surface area contributed by atoms with Gasteiger partial charge in [0, 0.05) is 12.5 Å². The fourth-order valence-electron chi connectivity index (χ4n) is 2.04. The molecule has 2 nitrogen and oxygen atoms in total. The van der Waals surface area contributed by atoms with Gasteiger partial charge in [-0.1, -0.05) is 79.7 Å². The first kappa shape index (κ1) is 15.0. The summed E-state index contributed by atoms with van der Waals surface area (Å²) in [6, 6.07) is 20.1. The summed E-state index contributed by atoms with van der Waals surface area (Å²) in [5.74, 6) is 0.0743. The molecule has 0 spiro atoms. The van der Waals surface area contributed by atoms with Crippen molar-refractivity contribution in [2.45, 2.75) is 19.9 Å². The van der Waals surface area contributed by atoms with Crippen LogP contribution in [0.25, 0.3) is 6.08 Å². The molecule has 0 fully saturated rings. The number of hydrogen-bond acceptors (Lipinski definition) is 1. The van der Waals surface area contributed by atoms with Gasteiger partial charge in [0.1, 0.15) is 0 Å². The van der Waals surface area contributed by atoms with Crippen LogP contribution in [0.5, 0.6) is 0 Å². The van der Waals surface area contributed by atoms with Crippen LogP contribution in [0.2, 0.25) is 0 Å². The Labute approximate surface area is 126 Å². The quantitative estimate of drug-likeness (QED) is 0.849. The second-order valence-corrected chi connectivity index (χ2v) is 5.15. The van der Waals surface area contributed by atoms with Crippen molar-refractivity contribution in [2.75, 3.05) is 0 Å². The highest BCUT2D eigenvalue weighted by atomic mass is 16.1. The molecule has 0 saturated carbocycles.